The highest BCUT2D eigenvalue weighted by Gasteiger charge is 2.45. The number of benzene rings is 2. The second-order valence-corrected chi connectivity index (χ2v) is 12.2. The van der Waals surface area contributed by atoms with Crippen molar-refractivity contribution in [2.75, 3.05) is 58.1 Å². The molecule has 0 saturated carbocycles. The number of piperidine rings is 1. The molecular formula is C38H38N6O7. The van der Waals surface area contributed by atoms with Crippen LogP contribution in [0.3, 0.4) is 0 Å². The van der Waals surface area contributed by atoms with E-state index in [4.69, 9.17) is 18.9 Å². The number of H-pyrrole nitrogens is 1. The molecule has 262 valence electrons. The molecule has 0 bridgehead atoms. The zero-order chi connectivity index (χ0) is 35.2. The van der Waals surface area contributed by atoms with E-state index in [0.29, 0.717) is 82.9 Å². The molecule has 2 aromatic carbocycles. The molecule has 51 heavy (non-hydrogen) atoms. The van der Waals surface area contributed by atoms with Gasteiger partial charge in [-0.3, -0.25) is 24.3 Å². The first-order valence-corrected chi connectivity index (χ1v) is 16.9. The van der Waals surface area contributed by atoms with Crippen molar-refractivity contribution in [3.63, 3.8) is 0 Å². The first-order valence-electron chi connectivity index (χ1n) is 16.9. The normalized spacial score (nSPS) is 15.8. The fourth-order valence-electron chi connectivity index (χ4n) is 6.31. The van der Waals surface area contributed by atoms with Crippen molar-refractivity contribution in [3.8, 4) is 17.0 Å². The Bertz CT molecular complexity index is 2080. The van der Waals surface area contributed by atoms with Gasteiger partial charge in [0.15, 0.2) is 0 Å². The molecule has 5 aromatic rings. The van der Waals surface area contributed by atoms with Gasteiger partial charge in [-0.05, 0) is 48.7 Å². The Morgan fingerprint density at radius 2 is 1.61 bits per heavy atom. The summed E-state index contributed by atoms with van der Waals surface area (Å²) in [5.41, 5.74) is 5.84. The number of hydrogen-bond acceptors (Lipinski definition) is 10. The number of fused-ring (bicyclic) bond motifs is 4. The SMILES string of the molecule is C=C1CCC(N2C(=O)c3cccc(NCCOCCOCCOCCOc4ccc(-c5ccc6c(c5)[nH]c5ccncc56)cn4)c3C2=O)C(=O)N1. The van der Waals surface area contributed by atoms with Gasteiger partial charge in [0.25, 0.3) is 11.8 Å². The number of carbonyl (C=O) groups excluding carboxylic acids is 3. The highest BCUT2D eigenvalue weighted by molar-refractivity contribution is 6.25. The predicted molar refractivity (Wildman–Crippen MR) is 191 cm³/mol. The van der Waals surface area contributed by atoms with E-state index in [-0.39, 0.29) is 11.1 Å². The number of nitrogens with one attached hydrogen (secondary N) is 3. The molecule has 3 N–H and O–H groups in total. The van der Waals surface area contributed by atoms with E-state index in [2.05, 4.69) is 50.4 Å². The molecule has 1 saturated heterocycles. The van der Waals surface area contributed by atoms with Crippen LogP contribution in [0.5, 0.6) is 5.88 Å². The third-order valence-corrected chi connectivity index (χ3v) is 8.83. The van der Waals surface area contributed by atoms with Crippen LogP contribution in [-0.4, -0.2) is 96.4 Å². The van der Waals surface area contributed by atoms with Gasteiger partial charge in [0.2, 0.25) is 11.8 Å². The van der Waals surface area contributed by atoms with Crippen LogP contribution < -0.4 is 15.4 Å². The highest BCUT2D eigenvalue weighted by Crippen LogP contribution is 2.33. The fourth-order valence-corrected chi connectivity index (χ4v) is 6.31. The molecule has 2 aliphatic rings. The minimum absolute atomic E-state index is 0.275. The Balaban J connectivity index is 0.744. The Labute approximate surface area is 293 Å². The van der Waals surface area contributed by atoms with E-state index in [0.717, 1.165) is 37.8 Å². The van der Waals surface area contributed by atoms with E-state index in [1.54, 1.807) is 30.6 Å². The summed E-state index contributed by atoms with van der Waals surface area (Å²) >= 11 is 0. The van der Waals surface area contributed by atoms with Gasteiger partial charge < -0.3 is 34.6 Å². The summed E-state index contributed by atoms with van der Waals surface area (Å²) in [5, 5.41) is 8.07. The monoisotopic (exact) mass is 690 g/mol. The van der Waals surface area contributed by atoms with Crippen molar-refractivity contribution in [3.05, 3.63) is 96.6 Å². The molecule has 1 unspecified atom stereocenters. The largest absolute Gasteiger partial charge is 0.475 e. The second kappa shape index (κ2) is 15.5. The van der Waals surface area contributed by atoms with Crippen LogP contribution in [0.1, 0.15) is 33.6 Å². The molecule has 5 heterocycles. The van der Waals surface area contributed by atoms with Crippen molar-refractivity contribution in [2.45, 2.75) is 18.9 Å². The number of pyridine rings is 2. The minimum Gasteiger partial charge on any atom is -0.475 e. The molecule has 7 rings (SSSR count). The summed E-state index contributed by atoms with van der Waals surface area (Å²) in [7, 11) is 0. The summed E-state index contributed by atoms with van der Waals surface area (Å²) in [6.07, 6.45) is 6.32. The predicted octanol–water partition coefficient (Wildman–Crippen LogP) is 4.71. The van der Waals surface area contributed by atoms with Gasteiger partial charge in [0.05, 0.1) is 50.8 Å². The Hall–Kier alpha value is -5.63. The summed E-state index contributed by atoms with van der Waals surface area (Å²) in [6.45, 7) is 6.95. The lowest BCUT2D eigenvalue weighted by Crippen LogP contribution is -2.51. The van der Waals surface area contributed by atoms with Gasteiger partial charge in [-0.25, -0.2) is 4.98 Å². The summed E-state index contributed by atoms with van der Waals surface area (Å²) in [5.74, 6) is -0.804. The van der Waals surface area contributed by atoms with Gasteiger partial charge in [-0.1, -0.05) is 24.8 Å². The number of hydrogen-bond donors (Lipinski definition) is 3. The first-order chi connectivity index (χ1) is 25.0. The van der Waals surface area contributed by atoms with Gasteiger partial charge in [-0.2, -0.15) is 0 Å². The fraction of sp³-hybridized carbons (Fsp3) is 0.289. The molecule has 0 spiro atoms. The molecular weight excluding hydrogens is 652 g/mol. The molecule has 3 aromatic heterocycles. The van der Waals surface area contributed by atoms with Gasteiger partial charge in [0, 0.05) is 70.0 Å². The van der Waals surface area contributed by atoms with E-state index >= 15 is 0 Å². The van der Waals surface area contributed by atoms with E-state index < -0.39 is 23.8 Å². The number of nitrogens with zero attached hydrogens (tertiary/aromatic N) is 3. The molecule has 13 nitrogen and oxygen atoms in total. The van der Waals surface area contributed by atoms with Gasteiger partial charge >= 0.3 is 0 Å². The van der Waals surface area contributed by atoms with Crippen LogP contribution >= 0.6 is 0 Å². The Kier molecular flexibility index (Phi) is 10.3. The number of allylic oxidation sites excluding steroid dienone is 1. The topological polar surface area (TPSA) is 157 Å². The molecule has 1 atom stereocenters. The standard InChI is InChI=1S/C38H38N6O7/c1-24-5-9-33(36(45)42-24)44-37(46)28-3-2-4-31(35(28)38(44)47)40-13-14-48-15-16-49-17-18-50-19-20-51-34-10-7-26(22-41-34)25-6-8-27-29-23-39-12-11-30(29)43-32(27)21-25/h2-4,6-8,10-12,21-23,33,40,43H,1,5,9,13-20H2,(H,42,45). The van der Waals surface area contributed by atoms with Crippen molar-refractivity contribution in [1.29, 1.82) is 0 Å². The molecule has 1 fully saturated rings. The van der Waals surface area contributed by atoms with Crippen LogP contribution in [0.2, 0.25) is 0 Å². The number of anilines is 1. The smallest absolute Gasteiger partial charge is 0.264 e. The second-order valence-electron chi connectivity index (χ2n) is 12.2. The zero-order valence-electron chi connectivity index (χ0n) is 28.0. The summed E-state index contributed by atoms with van der Waals surface area (Å²) in [4.78, 5) is 51.9. The van der Waals surface area contributed by atoms with Crippen LogP contribution in [0.25, 0.3) is 32.9 Å². The number of ether oxygens (including phenoxy) is 4. The Morgan fingerprint density at radius 1 is 0.824 bits per heavy atom. The number of aromatic amines is 1. The Morgan fingerprint density at radius 3 is 2.39 bits per heavy atom. The van der Waals surface area contributed by atoms with Crippen LogP contribution in [0.4, 0.5) is 5.69 Å². The maximum atomic E-state index is 13.2. The molecule has 3 amide bonds. The first kappa shape index (κ1) is 33.8. The summed E-state index contributed by atoms with van der Waals surface area (Å²) in [6, 6.07) is 16.3. The van der Waals surface area contributed by atoms with Gasteiger partial charge in [0.1, 0.15) is 12.6 Å². The summed E-state index contributed by atoms with van der Waals surface area (Å²) < 4.78 is 22.5. The number of imide groups is 1. The van der Waals surface area contributed by atoms with Crippen molar-refractivity contribution in [1.82, 2.24) is 25.2 Å². The third kappa shape index (κ3) is 7.45. The van der Waals surface area contributed by atoms with E-state index in [1.165, 1.54) is 0 Å². The van der Waals surface area contributed by atoms with Crippen molar-refractivity contribution < 1.29 is 33.3 Å². The van der Waals surface area contributed by atoms with Crippen molar-refractivity contribution >= 4 is 45.2 Å². The van der Waals surface area contributed by atoms with Crippen LogP contribution in [0, 0.1) is 0 Å². The van der Waals surface area contributed by atoms with Crippen molar-refractivity contribution in [2.24, 2.45) is 0 Å². The molecule has 13 heteroatoms. The molecule has 2 aliphatic heterocycles. The van der Waals surface area contributed by atoms with E-state index in [9.17, 15) is 14.4 Å². The number of carbonyl (C=O) groups is 3. The molecule has 0 radical (unpaired) electrons. The van der Waals surface area contributed by atoms with Crippen LogP contribution in [-0.2, 0) is 19.0 Å². The number of amides is 3. The average Bonchev–Trinajstić information content (AvgIpc) is 3.64. The van der Waals surface area contributed by atoms with E-state index in [1.807, 2.05) is 24.4 Å². The lowest BCUT2D eigenvalue weighted by atomic mass is 10.0. The number of rotatable bonds is 16. The third-order valence-electron chi connectivity index (χ3n) is 8.83. The van der Waals surface area contributed by atoms with Crippen LogP contribution in [0.15, 0.2) is 85.5 Å². The number of aromatic nitrogens is 3. The quantitative estimate of drug-likeness (QED) is 0.0979. The lowest BCUT2D eigenvalue weighted by Gasteiger charge is -2.29. The maximum Gasteiger partial charge on any atom is 0.264 e. The average molecular weight is 691 g/mol. The zero-order valence-corrected chi connectivity index (χ0v) is 28.0. The highest BCUT2D eigenvalue weighted by atomic mass is 16.6. The maximum absolute atomic E-state index is 13.2. The lowest BCUT2D eigenvalue weighted by molar-refractivity contribution is -0.125. The minimum atomic E-state index is -0.850. The van der Waals surface area contributed by atoms with Gasteiger partial charge in [-0.15, -0.1) is 0 Å². The molecule has 0 aliphatic carbocycles.